The number of aromatic amines is 1. The van der Waals surface area contributed by atoms with E-state index in [1.54, 1.807) is 18.5 Å². The summed E-state index contributed by atoms with van der Waals surface area (Å²) < 4.78 is 42.1. The van der Waals surface area contributed by atoms with Crippen molar-refractivity contribution in [2.45, 2.75) is 38.1 Å². The third kappa shape index (κ3) is 4.35. The molecule has 1 aromatic heterocycles. The summed E-state index contributed by atoms with van der Waals surface area (Å²) in [6, 6.07) is 13.7. The predicted molar refractivity (Wildman–Crippen MR) is 127 cm³/mol. The summed E-state index contributed by atoms with van der Waals surface area (Å²) in [6.07, 6.45) is 4.79. The SMILES string of the molecule is COc1cccc(C(CNS(=O)(=O)N2CCCCC2C)c2c[nH]c3ccccc23)c1OC. The second-order valence-electron chi connectivity index (χ2n) is 8.23. The Morgan fingerprint density at radius 1 is 1.09 bits per heavy atom. The van der Waals surface area contributed by atoms with E-state index in [9.17, 15) is 8.42 Å². The Bertz CT molecular complexity index is 1170. The number of rotatable bonds is 8. The van der Waals surface area contributed by atoms with Gasteiger partial charge in [0.1, 0.15) is 0 Å². The van der Waals surface area contributed by atoms with Crippen LogP contribution < -0.4 is 14.2 Å². The third-order valence-electron chi connectivity index (χ3n) is 6.33. The molecule has 2 aromatic carbocycles. The van der Waals surface area contributed by atoms with E-state index in [0.717, 1.165) is 41.3 Å². The minimum absolute atomic E-state index is 0.000792. The largest absolute Gasteiger partial charge is 0.493 e. The van der Waals surface area contributed by atoms with Crippen LogP contribution in [0.15, 0.2) is 48.7 Å². The van der Waals surface area contributed by atoms with E-state index in [1.807, 2.05) is 55.6 Å². The first-order valence-corrected chi connectivity index (χ1v) is 12.4. The van der Waals surface area contributed by atoms with Gasteiger partial charge in [0, 0.05) is 47.7 Å². The first-order chi connectivity index (χ1) is 15.5. The van der Waals surface area contributed by atoms with Crippen LogP contribution in [-0.2, 0) is 10.2 Å². The van der Waals surface area contributed by atoms with Gasteiger partial charge < -0.3 is 14.5 Å². The lowest BCUT2D eigenvalue weighted by molar-refractivity contribution is 0.265. The molecular formula is C24H31N3O4S. The number of aromatic nitrogens is 1. The molecule has 0 spiro atoms. The summed E-state index contributed by atoms with van der Waals surface area (Å²) >= 11 is 0. The highest BCUT2D eigenvalue weighted by Crippen LogP contribution is 2.40. The Labute approximate surface area is 189 Å². The number of piperidine rings is 1. The van der Waals surface area contributed by atoms with Crippen molar-refractivity contribution in [1.29, 1.82) is 0 Å². The summed E-state index contributed by atoms with van der Waals surface area (Å²) in [4.78, 5) is 3.31. The van der Waals surface area contributed by atoms with Crippen LogP contribution in [0.25, 0.3) is 10.9 Å². The van der Waals surface area contributed by atoms with Crippen molar-refractivity contribution in [3.8, 4) is 11.5 Å². The standard InChI is InChI=1S/C24H31N3O4S/c1-17-9-6-7-14-27(17)32(28,29)26-16-21(19-11-8-13-23(30-2)24(19)31-3)20-15-25-22-12-5-4-10-18(20)22/h4-5,8,10-13,15,17,21,25-26H,6-7,9,14,16H2,1-3H3. The monoisotopic (exact) mass is 457 g/mol. The molecule has 2 atom stereocenters. The smallest absolute Gasteiger partial charge is 0.279 e. The Morgan fingerprint density at radius 3 is 2.66 bits per heavy atom. The second kappa shape index (κ2) is 9.52. The minimum atomic E-state index is -3.61. The molecule has 0 bridgehead atoms. The van der Waals surface area contributed by atoms with E-state index in [1.165, 1.54) is 0 Å². The van der Waals surface area contributed by atoms with Crippen molar-refractivity contribution < 1.29 is 17.9 Å². The zero-order valence-corrected chi connectivity index (χ0v) is 19.6. The Hall–Kier alpha value is -2.55. The van der Waals surface area contributed by atoms with Gasteiger partial charge in [0.2, 0.25) is 0 Å². The molecule has 2 heterocycles. The first kappa shape index (κ1) is 22.6. The van der Waals surface area contributed by atoms with Crippen LogP contribution >= 0.6 is 0 Å². The molecule has 7 nitrogen and oxygen atoms in total. The molecule has 4 rings (SSSR count). The quantitative estimate of drug-likeness (QED) is 0.535. The van der Waals surface area contributed by atoms with Crippen LogP contribution in [0.1, 0.15) is 43.2 Å². The maximum Gasteiger partial charge on any atom is 0.279 e. The van der Waals surface area contributed by atoms with Gasteiger partial charge in [-0.2, -0.15) is 12.7 Å². The van der Waals surface area contributed by atoms with Gasteiger partial charge in [-0.3, -0.25) is 0 Å². The number of benzene rings is 2. The summed E-state index contributed by atoms with van der Waals surface area (Å²) in [5.74, 6) is 0.948. The number of hydrogen-bond donors (Lipinski definition) is 2. The van der Waals surface area contributed by atoms with Crippen molar-refractivity contribution in [3.05, 3.63) is 59.8 Å². The summed E-state index contributed by atoms with van der Waals surface area (Å²) in [5, 5.41) is 1.05. The number of methoxy groups -OCH3 is 2. The molecule has 1 saturated heterocycles. The molecule has 1 aliphatic heterocycles. The van der Waals surface area contributed by atoms with Gasteiger partial charge in [-0.15, -0.1) is 0 Å². The van der Waals surface area contributed by atoms with Crippen molar-refractivity contribution >= 4 is 21.1 Å². The number of ether oxygens (including phenoxy) is 2. The number of nitrogens with zero attached hydrogens (tertiary/aromatic N) is 1. The number of hydrogen-bond acceptors (Lipinski definition) is 4. The van der Waals surface area contributed by atoms with Crippen LogP contribution in [0.5, 0.6) is 11.5 Å². The van der Waals surface area contributed by atoms with Crippen LogP contribution in [0, 0.1) is 0 Å². The molecule has 2 unspecified atom stereocenters. The molecule has 172 valence electrons. The van der Waals surface area contributed by atoms with Gasteiger partial charge in [-0.05, 0) is 37.5 Å². The van der Waals surface area contributed by atoms with Crippen LogP contribution in [0.3, 0.4) is 0 Å². The highest BCUT2D eigenvalue weighted by Gasteiger charge is 2.31. The normalized spacial score (nSPS) is 18.5. The lowest BCUT2D eigenvalue weighted by atomic mass is 9.90. The van der Waals surface area contributed by atoms with Crippen molar-refractivity contribution in [1.82, 2.24) is 14.0 Å². The molecule has 0 saturated carbocycles. The molecular weight excluding hydrogens is 426 g/mol. The average Bonchev–Trinajstić information content (AvgIpc) is 3.23. The Kier molecular flexibility index (Phi) is 6.74. The average molecular weight is 458 g/mol. The minimum Gasteiger partial charge on any atom is -0.493 e. The number of nitrogens with one attached hydrogen (secondary N) is 2. The highest BCUT2D eigenvalue weighted by atomic mass is 32.2. The van der Waals surface area contributed by atoms with Gasteiger partial charge in [0.25, 0.3) is 10.2 Å². The maximum atomic E-state index is 13.2. The van der Waals surface area contributed by atoms with Crippen molar-refractivity contribution in [3.63, 3.8) is 0 Å². The fourth-order valence-electron chi connectivity index (χ4n) is 4.66. The molecule has 32 heavy (non-hydrogen) atoms. The lowest BCUT2D eigenvalue weighted by Crippen LogP contribution is -2.48. The Morgan fingerprint density at radius 2 is 1.91 bits per heavy atom. The van der Waals surface area contributed by atoms with E-state index < -0.39 is 10.2 Å². The first-order valence-electron chi connectivity index (χ1n) is 11.0. The fraction of sp³-hybridized carbons (Fsp3) is 0.417. The van der Waals surface area contributed by atoms with Gasteiger partial charge in [-0.25, -0.2) is 4.72 Å². The van der Waals surface area contributed by atoms with Gasteiger partial charge >= 0.3 is 0 Å². The molecule has 8 heteroatoms. The van der Waals surface area contributed by atoms with E-state index in [2.05, 4.69) is 9.71 Å². The topological polar surface area (TPSA) is 83.7 Å². The molecule has 0 aliphatic carbocycles. The molecule has 1 fully saturated rings. The summed E-state index contributed by atoms with van der Waals surface area (Å²) in [5.41, 5.74) is 2.87. The van der Waals surface area contributed by atoms with Gasteiger partial charge in [0.15, 0.2) is 11.5 Å². The van der Waals surface area contributed by atoms with E-state index >= 15 is 0 Å². The highest BCUT2D eigenvalue weighted by molar-refractivity contribution is 7.87. The molecule has 0 amide bonds. The Balaban J connectivity index is 1.74. The third-order valence-corrected chi connectivity index (χ3v) is 8.02. The molecule has 1 aliphatic rings. The van der Waals surface area contributed by atoms with Crippen LogP contribution in [0.4, 0.5) is 0 Å². The van der Waals surface area contributed by atoms with Crippen LogP contribution in [0.2, 0.25) is 0 Å². The zero-order valence-electron chi connectivity index (χ0n) is 18.8. The lowest BCUT2D eigenvalue weighted by Gasteiger charge is -2.33. The molecule has 2 N–H and O–H groups in total. The van der Waals surface area contributed by atoms with Gasteiger partial charge in [0.05, 0.1) is 14.2 Å². The van der Waals surface area contributed by atoms with Crippen molar-refractivity contribution in [2.24, 2.45) is 0 Å². The summed E-state index contributed by atoms with van der Waals surface area (Å²) in [6.45, 7) is 2.73. The maximum absolute atomic E-state index is 13.2. The second-order valence-corrected chi connectivity index (χ2v) is 9.94. The molecule has 3 aromatic rings. The van der Waals surface area contributed by atoms with Crippen LogP contribution in [-0.4, -0.2) is 51.1 Å². The predicted octanol–water partition coefficient (Wildman–Crippen LogP) is 4.03. The number of H-pyrrole nitrogens is 1. The van der Waals surface area contributed by atoms with E-state index in [-0.39, 0.29) is 18.5 Å². The fourth-order valence-corrected chi connectivity index (χ4v) is 6.15. The van der Waals surface area contributed by atoms with E-state index in [4.69, 9.17) is 9.47 Å². The number of fused-ring (bicyclic) bond motifs is 1. The van der Waals surface area contributed by atoms with Crippen molar-refractivity contribution in [2.75, 3.05) is 27.3 Å². The molecule has 0 radical (unpaired) electrons. The number of para-hydroxylation sites is 2. The summed E-state index contributed by atoms with van der Waals surface area (Å²) in [7, 11) is -0.410. The van der Waals surface area contributed by atoms with E-state index in [0.29, 0.717) is 18.0 Å². The zero-order chi connectivity index (χ0) is 22.7. The van der Waals surface area contributed by atoms with Gasteiger partial charge in [-0.1, -0.05) is 36.8 Å².